The number of aromatic nitrogens is 1. The first-order chi connectivity index (χ1) is 10.5. The molecule has 1 amide bonds. The lowest BCUT2D eigenvalue weighted by Gasteiger charge is -2.05. The van der Waals surface area contributed by atoms with Crippen LogP contribution in [0.15, 0.2) is 42.5 Å². The van der Waals surface area contributed by atoms with Gasteiger partial charge in [-0.15, -0.1) is 0 Å². The van der Waals surface area contributed by atoms with Crippen LogP contribution in [0.4, 0.5) is 4.39 Å². The number of carbonyl (C=O) groups is 1. The molecule has 3 rings (SSSR count). The first kappa shape index (κ1) is 14.6. The molecule has 5 heteroatoms. The normalized spacial score (nSPS) is 10.9. The second kappa shape index (κ2) is 5.81. The van der Waals surface area contributed by atoms with Gasteiger partial charge >= 0.3 is 0 Å². The van der Waals surface area contributed by atoms with Gasteiger partial charge in [-0.1, -0.05) is 23.7 Å². The minimum Gasteiger partial charge on any atom is -0.350 e. The average Bonchev–Trinajstić information content (AvgIpc) is 2.83. The highest BCUT2D eigenvalue weighted by Crippen LogP contribution is 2.22. The van der Waals surface area contributed by atoms with E-state index in [1.807, 2.05) is 19.1 Å². The molecule has 0 fully saturated rings. The molecule has 0 atom stereocenters. The summed E-state index contributed by atoms with van der Waals surface area (Å²) in [5.41, 5.74) is 2.84. The number of amides is 1. The van der Waals surface area contributed by atoms with E-state index >= 15 is 0 Å². The van der Waals surface area contributed by atoms with Crippen molar-refractivity contribution in [3.8, 4) is 0 Å². The van der Waals surface area contributed by atoms with Gasteiger partial charge in [0.2, 0.25) is 0 Å². The minimum atomic E-state index is -0.332. The van der Waals surface area contributed by atoms with E-state index in [4.69, 9.17) is 11.6 Å². The maximum Gasteiger partial charge on any atom is 0.268 e. The Morgan fingerprint density at radius 2 is 1.95 bits per heavy atom. The van der Waals surface area contributed by atoms with Crippen molar-refractivity contribution < 1.29 is 9.18 Å². The van der Waals surface area contributed by atoms with Gasteiger partial charge in [-0.2, -0.15) is 0 Å². The van der Waals surface area contributed by atoms with Gasteiger partial charge < -0.3 is 10.3 Å². The quantitative estimate of drug-likeness (QED) is 0.747. The van der Waals surface area contributed by atoms with Gasteiger partial charge in [-0.05, 0) is 48.4 Å². The van der Waals surface area contributed by atoms with Crippen LogP contribution in [-0.2, 0) is 6.54 Å². The number of rotatable bonds is 3. The zero-order chi connectivity index (χ0) is 15.7. The van der Waals surface area contributed by atoms with Crippen LogP contribution in [0, 0.1) is 12.7 Å². The number of fused-ring (bicyclic) bond motifs is 1. The second-order valence-corrected chi connectivity index (χ2v) is 5.56. The van der Waals surface area contributed by atoms with Crippen LogP contribution in [0.25, 0.3) is 10.9 Å². The maximum atomic E-state index is 13.2. The highest BCUT2D eigenvalue weighted by atomic mass is 35.5. The SMILES string of the molecule is Cc1c(C(=O)NCc2ccc(Cl)cc2)[nH]c2cc(F)ccc12. The van der Waals surface area contributed by atoms with E-state index < -0.39 is 0 Å². The number of hydrogen-bond acceptors (Lipinski definition) is 1. The van der Waals surface area contributed by atoms with Crippen molar-refractivity contribution in [3.05, 3.63) is 70.1 Å². The topological polar surface area (TPSA) is 44.9 Å². The van der Waals surface area contributed by atoms with Crippen LogP contribution in [0.3, 0.4) is 0 Å². The van der Waals surface area contributed by atoms with Gasteiger partial charge in [0.05, 0.1) is 0 Å². The lowest BCUT2D eigenvalue weighted by atomic mass is 10.1. The number of aromatic amines is 1. The summed E-state index contributed by atoms with van der Waals surface area (Å²) in [6, 6.07) is 11.7. The van der Waals surface area contributed by atoms with Crippen LogP contribution in [-0.4, -0.2) is 10.9 Å². The molecule has 22 heavy (non-hydrogen) atoms. The van der Waals surface area contributed by atoms with E-state index in [-0.39, 0.29) is 11.7 Å². The molecule has 0 aliphatic heterocycles. The lowest BCUT2D eigenvalue weighted by Crippen LogP contribution is -2.23. The predicted molar refractivity (Wildman–Crippen MR) is 85.6 cm³/mol. The molecule has 0 radical (unpaired) electrons. The average molecular weight is 317 g/mol. The standard InChI is InChI=1S/C17H14ClFN2O/c1-10-14-7-6-13(19)8-15(14)21-16(10)17(22)20-9-11-2-4-12(18)5-3-11/h2-8,21H,9H2,1H3,(H,20,22). The van der Waals surface area contributed by atoms with Crippen LogP contribution < -0.4 is 5.32 Å². The maximum absolute atomic E-state index is 13.2. The Morgan fingerprint density at radius 3 is 2.68 bits per heavy atom. The van der Waals surface area contributed by atoms with E-state index in [0.29, 0.717) is 22.8 Å². The number of benzene rings is 2. The molecule has 0 bridgehead atoms. The Morgan fingerprint density at radius 1 is 1.23 bits per heavy atom. The van der Waals surface area contributed by atoms with Crippen LogP contribution in [0.5, 0.6) is 0 Å². The number of nitrogens with one attached hydrogen (secondary N) is 2. The molecule has 3 aromatic rings. The fourth-order valence-corrected chi connectivity index (χ4v) is 2.54. The van der Waals surface area contributed by atoms with Crippen molar-refractivity contribution in [2.75, 3.05) is 0 Å². The molecular weight excluding hydrogens is 303 g/mol. The largest absolute Gasteiger partial charge is 0.350 e. The Kier molecular flexibility index (Phi) is 3.86. The van der Waals surface area contributed by atoms with Gasteiger partial charge in [0, 0.05) is 22.5 Å². The van der Waals surface area contributed by atoms with Crippen molar-refractivity contribution in [3.63, 3.8) is 0 Å². The highest BCUT2D eigenvalue weighted by molar-refractivity contribution is 6.30. The Hall–Kier alpha value is -2.33. The van der Waals surface area contributed by atoms with Crippen LogP contribution >= 0.6 is 11.6 Å². The summed E-state index contributed by atoms with van der Waals surface area (Å²) in [4.78, 5) is 15.3. The third-order valence-corrected chi connectivity index (χ3v) is 3.87. The van der Waals surface area contributed by atoms with E-state index in [0.717, 1.165) is 16.5 Å². The third-order valence-electron chi connectivity index (χ3n) is 3.61. The third kappa shape index (κ3) is 2.83. The number of hydrogen-bond donors (Lipinski definition) is 2. The Balaban J connectivity index is 1.80. The highest BCUT2D eigenvalue weighted by Gasteiger charge is 2.14. The number of carbonyl (C=O) groups excluding carboxylic acids is 1. The van der Waals surface area contributed by atoms with Gasteiger partial charge in [0.25, 0.3) is 5.91 Å². The molecule has 2 aromatic carbocycles. The summed E-state index contributed by atoms with van der Waals surface area (Å²) in [6.45, 7) is 2.24. The lowest BCUT2D eigenvalue weighted by molar-refractivity contribution is 0.0946. The van der Waals surface area contributed by atoms with Crippen molar-refractivity contribution in [1.82, 2.24) is 10.3 Å². The number of halogens is 2. The molecule has 3 nitrogen and oxygen atoms in total. The summed E-state index contributed by atoms with van der Waals surface area (Å²) in [6.07, 6.45) is 0. The molecule has 2 N–H and O–H groups in total. The molecule has 0 spiro atoms. The summed E-state index contributed by atoms with van der Waals surface area (Å²) in [5.74, 6) is -0.550. The molecule has 0 aliphatic carbocycles. The summed E-state index contributed by atoms with van der Waals surface area (Å²) >= 11 is 5.83. The zero-order valence-electron chi connectivity index (χ0n) is 11.9. The van der Waals surface area contributed by atoms with Gasteiger partial charge in [0.15, 0.2) is 0 Å². The van der Waals surface area contributed by atoms with Crippen molar-refractivity contribution in [2.24, 2.45) is 0 Å². The zero-order valence-corrected chi connectivity index (χ0v) is 12.7. The Bertz CT molecular complexity index is 840. The van der Waals surface area contributed by atoms with Crippen LogP contribution in [0.2, 0.25) is 5.02 Å². The van der Waals surface area contributed by atoms with E-state index in [1.165, 1.54) is 12.1 Å². The van der Waals surface area contributed by atoms with Gasteiger partial charge in [0.1, 0.15) is 11.5 Å². The fraction of sp³-hybridized carbons (Fsp3) is 0.118. The summed E-state index contributed by atoms with van der Waals surface area (Å²) in [7, 11) is 0. The molecule has 0 unspecified atom stereocenters. The monoisotopic (exact) mass is 316 g/mol. The molecular formula is C17H14ClFN2O. The van der Waals surface area contributed by atoms with Gasteiger partial charge in [-0.3, -0.25) is 4.79 Å². The van der Waals surface area contributed by atoms with Crippen LogP contribution in [0.1, 0.15) is 21.6 Å². The molecule has 1 aromatic heterocycles. The summed E-state index contributed by atoms with van der Waals surface area (Å²) < 4.78 is 13.2. The van der Waals surface area contributed by atoms with Crippen molar-refractivity contribution >= 4 is 28.4 Å². The molecule has 1 heterocycles. The minimum absolute atomic E-state index is 0.218. The predicted octanol–water partition coefficient (Wildman–Crippen LogP) is 4.20. The van der Waals surface area contributed by atoms with Crippen molar-refractivity contribution in [2.45, 2.75) is 13.5 Å². The smallest absolute Gasteiger partial charge is 0.268 e. The van der Waals surface area contributed by atoms with E-state index in [9.17, 15) is 9.18 Å². The number of H-pyrrole nitrogens is 1. The van der Waals surface area contributed by atoms with Gasteiger partial charge in [-0.25, -0.2) is 4.39 Å². The molecule has 112 valence electrons. The molecule has 0 saturated heterocycles. The molecule has 0 saturated carbocycles. The number of aryl methyl sites for hydroxylation is 1. The van der Waals surface area contributed by atoms with E-state index in [2.05, 4.69) is 10.3 Å². The second-order valence-electron chi connectivity index (χ2n) is 5.12. The summed E-state index contributed by atoms with van der Waals surface area (Å²) in [5, 5.41) is 4.35. The first-order valence-electron chi connectivity index (χ1n) is 6.85. The van der Waals surface area contributed by atoms with E-state index in [1.54, 1.807) is 18.2 Å². The molecule has 0 aliphatic rings. The fourth-order valence-electron chi connectivity index (χ4n) is 2.41. The van der Waals surface area contributed by atoms with Crippen molar-refractivity contribution in [1.29, 1.82) is 0 Å². The Labute approximate surface area is 132 Å². The first-order valence-corrected chi connectivity index (χ1v) is 7.23.